The lowest BCUT2D eigenvalue weighted by molar-refractivity contribution is -0.107. The molecule has 1 amide bonds. The molecule has 0 bridgehead atoms. The van der Waals surface area contributed by atoms with Crippen LogP contribution in [0, 0.1) is 0 Å². The van der Waals surface area contributed by atoms with Gasteiger partial charge in [0.1, 0.15) is 12.0 Å². The van der Waals surface area contributed by atoms with Gasteiger partial charge in [0.2, 0.25) is 0 Å². The van der Waals surface area contributed by atoms with E-state index < -0.39 is 0 Å². The second kappa shape index (κ2) is 7.90. The zero-order valence-electron chi connectivity index (χ0n) is 15.1. The van der Waals surface area contributed by atoms with Crippen LogP contribution < -0.4 is 4.90 Å². The summed E-state index contributed by atoms with van der Waals surface area (Å²) in [5.74, 6) is -0.125. The van der Waals surface area contributed by atoms with Gasteiger partial charge in [-0.3, -0.25) is 14.8 Å². The number of aromatic nitrogens is 3. The fourth-order valence-corrected chi connectivity index (χ4v) is 3.83. The topological polar surface area (TPSA) is 79.3 Å². The van der Waals surface area contributed by atoms with Crippen LogP contribution in [0.3, 0.4) is 0 Å². The van der Waals surface area contributed by atoms with Gasteiger partial charge in [0.15, 0.2) is 0 Å². The summed E-state index contributed by atoms with van der Waals surface area (Å²) in [6.45, 7) is 2.36. The average molecular weight is 396 g/mol. The van der Waals surface area contributed by atoms with Crippen molar-refractivity contribution in [2.75, 3.05) is 31.1 Å². The van der Waals surface area contributed by atoms with Crippen LogP contribution in [-0.4, -0.2) is 58.2 Å². The Morgan fingerprint density at radius 3 is 2.68 bits per heavy atom. The van der Waals surface area contributed by atoms with E-state index in [-0.39, 0.29) is 12.3 Å². The SMILES string of the molecule is O=CCc1cc(Cl)c2cccnc2c1N1CCN(C(=O)c2cnccn2)CC1. The van der Waals surface area contributed by atoms with Crippen LogP contribution in [0.5, 0.6) is 0 Å². The number of hydrogen-bond acceptors (Lipinski definition) is 6. The summed E-state index contributed by atoms with van der Waals surface area (Å²) >= 11 is 6.40. The molecule has 0 unspecified atom stereocenters. The molecule has 3 heterocycles. The maximum absolute atomic E-state index is 12.6. The first-order valence-corrected chi connectivity index (χ1v) is 9.37. The van der Waals surface area contributed by atoms with Crippen LogP contribution in [0.15, 0.2) is 43.0 Å². The smallest absolute Gasteiger partial charge is 0.274 e. The minimum absolute atomic E-state index is 0.125. The molecule has 1 aromatic carbocycles. The van der Waals surface area contributed by atoms with E-state index in [1.165, 1.54) is 12.4 Å². The number of amides is 1. The van der Waals surface area contributed by atoms with Crippen LogP contribution in [0.4, 0.5) is 5.69 Å². The summed E-state index contributed by atoms with van der Waals surface area (Å²) in [4.78, 5) is 40.3. The number of piperazine rings is 1. The maximum Gasteiger partial charge on any atom is 0.274 e. The molecule has 0 spiro atoms. The van der Waals surface area contributed by atoms with Crippen molar-refractivity contribution in [2.45, 2.75) is 6.42 Å². The highest BCUT2D eigenvalue weighted by Crippen LogP contribution is 2.35. The lowest BCUT2D eigenvalue weighted by atomic mass is 10.0. The monoisotopic (exact) mass is 395 g/mol. The average Bonchev–Trinajstić information content (AvgIpc) is 2.75. The van der Waals surface area contributed by atoms with Crippen molar-refractivity contribution < 1.29 is 9.59 Å². The number of aldehydes is 1. The third-order valence-electron chi connectivity index (χ3n) is 4.86. The molecule has 28 heavy (non-hydrogen) atoms. The summed E-state index contributed by atoms with van der Waals surface area (Å²) in [5.41, 5.74) is 2.88. The van der Waals surface area contributed by atoms with E-state index >= 15 is 0 Å². The van der Waals surface area contributed by atoms with Crippen molar-refractivity contribution in [3.63, 3.8) is 0 Å². The first-order valence-electron chi connectivity index (χ1n) is 8.99. The van der Waals surface area contributed by atoms with Crippen molar-refractivity contribution in [3.8, 4) is 0 Å². The van der Waals surface area contributed by atoms with E-state index in [9.17, 15) is 9.59 Å². The Hall–Kier alpha value is -3.06. The minimum Gasteiger partial charge on any atom is -0.366 e. The number of benzene rings is 1. The zero-order chi connectivity index (χ0) is 19.5. The Balaban J connectivity index is 1.62. The predicted octanol–water partition coefficient (Wildman–Crippen LogP) is 2.38. The highest BCUT2D eigenvalue weighted by molar-refractivity contribution is 6.36. The van der Waals surface area contributed by atoms with Crippen LogP contribution >= 0.6 is 11.6 Å². The third kappa shape index (κ3) is 3.41. The number of hydrogen-bond donors (Lipinski definition) is 0. The molecular weight excluding hydrogens is 378 g/mol. The van der Waals surface area contributed by atoms with Crippen molar-refractivity contribution in [1.29, 1.82) is 0 Å². The van der Waals surface area contributed by atoms with E-state index in [0.717, 1.165) is 28.4 Å². The highest BCUT2D eigenvalue weighted by Gasteiger charge is 2.26. The normalized spacial score (nSPS) is 14.3. The first-order chi connectivity index (χ1) is 13.7. The third-order valence-corrected chi connectivity index (χ3v) is 5.18. The summed E-state index contributed by atoms with van der Waals surface area (Å²) in [7, 11) is 0. The Labute approximate surface area is 167 Å². The molecule has 0 saturated carbocycles. The standard InChI is InChI=1S/C20H18ClN5O2/c21-16-12-14(3-11-27)19(18-15(16)2-1-4-24-18)25-7-9-26(10-8-25)20(28)17-13-22-5-6-23-17/h1-2,4-6,11-13H,3,7-10H2. The fourth-order valence-electron chi connectivity index (χ4n) is 3.54. The molecule has 3 aromatic rings. The highest BCUT2D eigenvalue weighted by atomic mass is 35.5. The van der Waals surface area contributed by atoms with E-state index in [0.29, 0.717) is 36.9 Å². The summed E-state index contributed by atoms with van der Waals surface area (Å²) < 4.78 is 0. The van der Waals surface area contributed by atoms with Crippen LogP contribution in [0.1, 0.15) is 16.1 Å². The van der Waals surface area contributed by atoms with E-state index in [1.54, 1.807) is 17.3 Å². The first kappa shape index (κ1) is 18.3. The lowest BCUT2D eigenvalue weighted by Gasteiger charge is -2.37. The molecular formula is C20H18ClN5O2. The summed E-state index contributed by atoms with van der Waals surface area (Å²) in [6, 6.07) is 5.61. The van der Waals surface area contributed by atoms with Crippen LogP contribution in [0.25, 0.3) is 10.9 Å². The number of rotatable bonds is 4. The molecule has 4 rings (SSSR count). The predicted molar refractivity (Wildman–Crippen MR) is 107 cm³/mol. The number of halogens is 1. The van der Waals surface area contributed by atoms with Gasteiger partial charge < -0.3 is 14.6 Å². The van der Waals surface area contributed by atoms with Crippen molar-refractivity contribution in [1.82, 2.24) is 19.9 Å². The van der Waals surface area contributed by atoms with Crippen molar-refractivity contribution >= 4 is 40.4 Å². The van der Waals surface area contributed by atoms with Gasteiger partial charge in [-0.05, 0) is 23.8 Å². The lowest BCUT2D eigenvalue weighted by Crippen LogP contribution is -2.49. The van der Waals surface area contributed by atoms with Crippen molar-refractivity contribution in [2.24, 2.45) is 0 Å². The molecule has 1 saturated heterocycles. The summed E-state index contributed by atoms with van der Waals surface area (Å²) in [5, 5.41) is 1.44. The van der Waals surface area contributed by atoms with Gasteiger partial charge in [-0.2, -0.15) is 0 Å². The molecule has 0 atom stereocenters. The number of anilines is 1. The van der Waals surface area contributed by atoms with Gasteiger partial charge in [0.25, 0.3) is 5.91 Å². The second-order valence-electron chi connectivity index (χ2n) is 6.51. The quantitative estimate of drug-likeness (QED) is 0.631. The van der Waals surface area contributed by atoms with Crippen LogP contribution in [0.2, 0.25) is 5.02 Å². The molecule has 142 valence electrons. The van der Waals surface area contributed by atoms with Gasteiger partial charge in [0.05, 0.1) is 22.4 Å². The Kier molecular flexibility index (Phi) is 5.16. The molecule has 1 fully saturated rings. The fraction of sp³-hybridized carbons (Fsp3) is 0.250. The number of carbonyl (C=O) groups excluding carboxylic acids is 2. The number of pyridine rings is 1. The summed E-state index contributed by atoms with van der Waals surface area (Å²) in [6.07, 6.45) is 7.40. The van der Waals surface area contributed by atoms with Gasteiger partial charge >= 0.3 is 0 Å². The van der Waals surface area contributed by atoms with E-state index in [2.05, 4.69) is 19.9 Å². The molecule has 0 aliphatic carbocycles. The van der Waals surface area contributed by atoms with Crippen molar-refractivity contribution in [3.05, 3.63) is 59.3 Å². The van der Waals surface area contributed by atoms with Crippen LogP contribution in [-0.2, 0) is 11.2 Å². The molecule has 7 nitrogen and oxygen atoms in total. The molecule has 0 N–H and O–H groups in total. The zero-order valence-corrected chi connectivity index (χ0v) is 15.8. The number of fused-ring (bicyclic) bond motifs is 1. The molecule has 0 radical (unpaired) electrons. The molecule has 8 heteroatoms. The molecule has 1 aliphatic rings. The molecule has 2 aromatic heterocycles. The van der Waals surface area contributed by atoms with Gasteiger partial charge in [0, 0.05) is 56.6 Å². The van der Waals surface area contributed by atoms with Gasteiger partial charge in [-0.25, -0.2) is 4.98 Å². The maximum atomic E-state index is 12.6. The Bertz CT molecular complexity index is 1020. The number of carbonyl (C=O) groups is 2. The largest absolute Gasteiger partial charge is 0.366 e. The Morgan fingerprint density at radius 2 is 1.96 bits per heavy atom. The van der Waals surface area contributed by atoms with E-state index in [4.69, 9.17) is 11.6 Å². The number of nitrogens with zero attached hydrogens (tertiary/aromatic N) is 5. The van der Waals surface area contributed by atoms with E-state index in [1.807, 2.05) is 18.2 Å². The Morgan fingerprint density at radius 1 is 1.14 bits per heavy atom. The van der Waals surface area contributed by atoms with Gasteiger partial charge in [-0.15, -0.1) is 0 Å². The molecule has 1 aliphatic heterocycles. The van der Waals surface area contributed by atoms with Gasteiger partial charge in [-0.1, -0.05) is 11.6 Å². The second-order valence-corrected chi connectivity index (χ2v) is 6.91. The minimum atomic E-state index is -0.125.